The van der Waals surface area contributed by atoms with Crippen molar-refractivity contribution in [2.24, 2.45) is 0 Å². The van der Waals surface area contributed by atoms with E-state index in [9.17, 15) is 10.5 Å². The van der Waals surface area contributed by atoms with Crippen molar-refractivity contribution in [3.8, 4) is 49.0 Å². The fraction of sp³-hybridized carbons (Fsp3) is 0. The Balaban J connectivity index is 1.25. The van der Waals surface area contributed by atoms with Crippen molar-refractivity contribution in [2.75, 3.05) is 0 Å². The molecule has 0 aliphatic heterocycles. The maximum absolute atomic E-state index is 9.74. The van der Waals surface area contributed by atoms with Crippen LogP contribution in [0.3, 0.4) is 0 Å². The van der Waals surface area contributed by atoms with Crippen LogP contribution in [0.5, 0.6) is 0 Å². The molecule has 7 aromatic rings. The quantitative estimate of drug-likeness (QED) is 0.151. The van der Waals surface area contributed by atoms with Crippen molar-refractivity contribution < 1.29 is 0 Å². The number of aromatic nitrogens is 1. The molecule has 0 bridgehead atoms. The first-order valence-corrected chi connectivity index (χ1v) is 15.4. The molecule has 2 heterocycles. The van der Waals surface area contributed by atoms with E-state index in [-0.39, 0.29) is 20.1 Å². The summed E-state index contributed by atoms with van der Waals surface area (Å²) in [6, 6.07) is 49.3. The maximum atomic E-state index is 9.74. The number of fused-ring (bicyclic) bond motifs is 6. The van der Waals surface area contributed by atoms with Crippen LogP contribution < -0.4 is 0 Å². The van der Waals surface area contributed by atoms with Crippen LogP contribution in [0.2, 0.25) is 0 Å². The molecule has 1 aliphatic carbocycles. The van der Waals surface area contributed by atoms with Crippen LogP contribution in [0.15, 0.2) is 133 Å². The molecule has 4 heteroatoms. The zero-order valence-corrected chi connectivity index (χ0v) is 24.1. The summed E-state index contributed by atoms with van der Waals surface area (Å²) in [4.78, 5) is 0. The van der Waals surface area contributed by atoms with Crippen molar-refractivity contribution in [1.82, 2.24) is 4.57 Å². The molecule has 194 valence electrons. The Hall–Kier alpha value is -5.38. The molecule has 0 saturated carbocycles. The van der Waals surface area contributed by atoms with Crippen LogP contribution in [-0.2, 0) is 0 Å². The van der Waals surface area contributed by atoms with E-state index in [2.05, 4.69) is 126 Å². The predicted molar refractivity (Wildman–Crippen MR) is 171 cm³/mol. The van der Waals surface area contributed by atoms with Gasteiger partial charge in [-0.25, -0.2) is 0 Å². The molecular weight excluding hydrogens is 577 g/mol. The van der Waals surface area contributed by atoms with Gasteiger partial charge in [-0.3, -0.25) is 0 Å². The molecule has 1 aliphatic rings. The molecular formula is C38H21N3Se. The summed E-state index contributed by atoms with van der Waals surface area (Å²) in [6.45, 7) is 0. The van der Waals surface area contributed by atoms with Gasteiger partial charge in [0.25, 0.3) is 0 Å². The standard InChI is InChI=1S/C38H21N3Se/c39-22-26(23-40)38-32-12-5-4-10-28(32)29-16-14-24(20-33(29)38)36-18-19-37(42-36)25-15-17-31-30-11-6-7-13-34(30)41(35(31)21-25)27-8-2-1-3-9-27/h1-21H. The molecule has 0 fully saturated rings. The number of para-hydroxylation sites is 2. The molecule has 2 aromatic heterocycles. The molecule has 8 rings (SSSR count). The second-order valence-electron chi connectivity index (χ2n) is 10.4. The Labute approximate surface area is 249 Å². The first kappa shape index (κ1) is 24.4. The summed E-state index contributed by atoms with van der Waals surface area (Å²) < 4.78 is 4.98. The Bertz CT molecular complexity index is 2300. The summed E-state index contributed by atoms with van der Waals surface area (Å²) in [6.07, 6.45) is 0. The molecule has 0 radical (unpaired) electrons. The summed E-state index contributed by atoms with van der Waals surface area (Å²) in [5, 5.41) is 22.0. The van der Waals surface area contributed by atoms with Gasteiger partial charge in [-0.15, -0.1) is 0 Å². The van der Waals surface area contributed by atoms with E-state index in [4.69, 9.17) is 0 Å². The zero-order chi connectivity index (χ0) is 28.2. The number of rotatable bonds is 3. The fourth-order valence-corrected chi connectivity index (χ4v) is 8.35. The number of benzene rings is 5. The van der Waals surface area contributed by atoms with Gasteiger partial charge in [-0.1, -0.05) is 0 Å². The zero-order valence-electron chi connectivity index (χ0n) is 22.4. The molecule has 3 nitrogen and oxygen atoms in total. The fourth-order valence-electron chi connectivity index (χ4n) is 6.25. The molecule has 42 heavy (non-hydrogen) atoms. The molecule has 0 N–H and O–H groups in total. The summed E-state index contributed by atoms with van der Waals surface area (Å²) in [5.74, 6) is 0. The van der Waals surface area contributed by atoms with Gasteiger partial charge in [-0.2, -0.15) is 0 Å². The second kappa shape index (κ2) is 9.62. The van der Waals surface area contributed by atoms with E-state index in [1.54, 1.807) is 0 Å². The predicted octanol–water partition coefficient (Wildman–Crippen LogP) is 9.00. The number of nitrogens with zero attached hydrogens (tertiary/aromatic N) is 3. The van der Waals surface area contributed by atoms with Crippen molar-refractivity contribution in [3.63, 3.8) is 0 Å². The van der Waals surface area contributed by atoms with Crippen LogP contribution in [-0.4, -0.2) is 19.1 Å². The Kier molecular flexibility index (Phi) is 5.59. The monoisotopic (exact) mass is 599 g/mol. The third kappa shape index (κ3) is 3.64. The minimum absolute atomic E-state index is 0.105. The molecule has 0 saturated heterocycles. The van der Waals surface area contributed by atoms with Gasteiger partial charge in [-0.05, 0) is 0 Å². The van der Waals surface area contributed by atoms with Gasteiger partial charge >= 0.3 is 250 Å². The van der Waals surface area contributed by atoms with Gasteiger partial charge in [0.15, 0.2) is 0 Å². The number of nitriles is 2. The van der Waals surface area contributed by atoms with Gasteiger partial charge in [0.1, 0.15) is 0 Å². The summed E-state index contributed by atoms with van der Waals surface area (Å²) in [7, 11) is 0. The SMILES string of the molecule is N#CC(C#N)=C1c2ccccc2-c2ccc(-c3ccc(-c4ccc5c6ccccc6n(-c6ccccc6)c5c4)[se]3)cc21. The second-order valence-corrected chi connectivity index (χ2v) is 12.6. The molecule has 0 amide bonds. The Morgan fingerprint density at radius 3 is 1.93 bits per heavy atom. The number of allylic oxidation sites excluding steroid dienone is 1. The molecule has 0 spiro atoms. The first-order chi connectivity index (χ1) is 20.7. The van der Waals surface area contributed by atoms with Crippen LogP contribution in [0.1, 0.15) is 11.1 Å². The van der Waals surface area contributed by atoms with E-state index >= 15 is 0 Å². The number of hydrogen-bond donors (Lipinski definition) is 0. The van der Waals surface area contributed by atoms with Crippen molar-refractivity contribution in [3.05, 3.63) is 144 Å². The third-order valence-corrected chi connectivity index (χ3v) is 10.6. The average molecular weight is 599 g/mol. The van der Waals surface area contributed by atoms with Gasteiger partial charge in [0.05, 0.1) is 0 Å². The molecule has 0 atom stereocenters. The minimum atomic E-state index is 0.105. The van der Waals surface area contributed by atoms with E-state index in [0.29, 0.717) is 0 Å². The van der Waals surface area contributed by atoms with E-state index in [1.165, 1.54) is 36.2 Å². The average Bonchev–Trinajstić information content (AvgIpc) is 3.75. The van der Waals surface area contributed by atoms with Gasteiger partial charge in [0, 0.05) is 0 Å². The first-order valence-electron chi connectivity index (χ1n) is 13.7. The van der Waals surface area contributed by atoms with Crippen LogP contribution in [0.25, 0.3) is 64.2 Å². The van der Waals surface area contributed by atoms with Gasteiger partial charge in [0.2, 0.25) is 0 Å². The number of hydrogen-bond acceptors (Lipinski definition) is 2. The van der Waals surface area contributed by atoms with Crippen molar-refractivity contribution in [2.45, 2.75) is 0 Å². The molecule has 0 unspecified atom stereocenters. The van der Waals surface area contributed by atoms with Crippen LogP contribution >= 0.6 is 0 Å². The summed E-state index contributed by atoms with van der Waals surface area (Å²) in [5.41, 5.74) is 10.9. The van der Waals surface area contributed by atoms with Crippen LogP contribution in [0, 0.1) is 22.7 Å². The Morgan fingerprint density at radius 1 is 0.524 bits per heavy atom. The van der Waals surface area contributed by atoms with E-state index in [0.717, 1.165) is 39.1 Å². The van der Waals surface area contributed by atoms with Gasteiger partial charge < -0.3 is 0 Å². The van der Waals surface area contributed by atoms with E-state index in [1.807, 2.05) is 18.2 Å². The van der Waals surface area contributed by atoms with Crippen LogP contribution in [0.4, 0.5) is 0 Å². The Morgan fingerprint density at radius 2 is 1.14 bits per heavy atom. The summed E-state index contributed by atoms with van der Waals surface area (Å²) >= 11 is 0.105. The topological polar surface area (TPSA) is 52.5 Å². The molecule has 5 aromatic carbocycles. The van der Waals surface area contributed by atoms with E-state index < -0.39 is 0 Å². The van der Waals surface area contributed by atoms with Crippen molar-refractivity contribution in [1.29, 1.82) is 10.5 Å². The van der Waals surface area contributed by atoms with Crippen molar-refractivity contribution >= 4 is 41.9 Å². The third-order valence-electron chi connectivity index (χ3n) is 8.11. The normalized spacial score (nSPS) is 11.7.